The number of aromatic nitrogens is 1. The summed E-state index contributed by atoms with van der Waals surface area (Å²) in [6.45, 7) is 1.48. The Morgan fingerprint density at radius 2 is 2.12 bits per heavy atom. The Bertz CT molecular complexity index is 391. The molecule has 1 N–H and O–H groups in total. The highest BCUT2D eigenvalue weighted by molar-refractivity contribution is 6.05. The van der Waals surface area contributed by atoms with E-state index >= 15 is 0 Å². The van der Waals surface area contributed by atoms with Crippen LogP contribution >= 0.6 is 0 Å². The van der Waals surface area contributed by atoms with Crippen molar-refractivity contribution in [1.82, 2.24) is 15.2 Å². The van der Waals surface area contributed by atoms with Crippen LogP contribution in [-0.2, 0) is 4.79 Å². The SMILES string of the molecule is O=C1CNCCCN1C(=O)c1ccncc1. The van der Waals surface area contributed by atoms with Gasteiger partial charge >= 0.3 is 0 Å². The van der Waals surface area contributed by atoms with Gasteiger partial charge in [0.05, 0.1) is 6.54 Å². The quantitative estimate of drug-likeness (QED) is 0.678. The Labute approximate surface area is 93.5 Å². The molecule has 1 fully saturated rings. The zero-order valence-electron chi connectivity index (χ0n) is 8.85. The van der Waals surface area contributed by atoms with Crippen LogP contribution in [0.15, 0.2) is 24.5 Å². The molecule has 2 heterocycles. The number of carbonyl (C=O) groups excluding carboxylic acids is 2. The van der Waals surface area contributed by atoms with E-state index in [1.54, 1.807) is 24.5 Å². The van der Waals surface area contributed by atoms with Crippen LogP contribution in [0.3, 0.4) is 0 Å². The Kier molecular flexibility index (Phi) is 3.26. The van der Waals surface area contributed by atoms with Crippen molar-refractivity contribution in [2.24, 2.45) is 0 Å². The number of pyridine rings is 1. The van der Waals surface area contributed by atoms with E-state index in [9.17, 15) is 9.59 Å². The summed E-state index contributed by atoms with van der Waals surface area (Å²) in [6.07, 6.45) is 3.89. The molecule has 2 rings (SSSR count). The van der Waals surface area contributed by atoms with Crippen molar-refractivity contribution in [1.29, 1.82) is 0 Å². The molecule has 1 aliphatic heterocycles. The first-order valence-corrected chi connectivity index (χ1v) is 5.24. The zero-order chi connectivity index (χ0) is 11.4. The predicted molar refractivity (Wildman–Crippen MR) is 57.8 cm³/mol. The second-order valence-electron chi connectivity index (χ2n) is 3.62. The maximum Gasteiger partial charge on any atom is 0.260 e. The number of nitrogens with one attached hydrogen (secondary N) is 1. The van der Waals surface area contributed by atoms with Crippen LogP contribution in [0.5, 0.6) is 0 Å². The molecule has 0 radical (unpaired) electrons. The first kappa shape index (κ1) is 10.8. The van der Waals surface area contributed by atoms with Crippen LogP contribution in [0.1, 0.15) is 16.8 Å². The van der Waals surface area contributed by atoms with E-state index in [0.717, 1.165) is 13.0 Å². The van der Waals surface area contributed by atoms with E-state index in [1.165, 1.54) is 4.90 Å². The summed E-state index contributed by atoms with van der Waals surface area (Å²) in [5.41, 5.74) is 0.505. The number of carbonyl (C=O) groups is 2. The number of rotatable bonds is 1. The van der Waals surface area contributed by atoms with Crippen LogP contribution in [0.4, 0.5) is 0 Å². The first-order valence-electron chi connectivity index (χ1n) is 5.24. The minimum atomic E-state index is -0.240. The smallest absolute Gasteiger partial charge is 0.260 e. The van der Waals surface area contributed by atoms with Crippen molar-refractivity contribution >= 4 is 11.8 Å². The highest BCUT2D eigenvalue weighted by atomic mass is 16.2. The fraction of sp³-hybridized carbons (Fsp3) is 0.364. The summed E-state index contributed by atoms with van der Waals surface area (Å²) in [7, 11) is 0. The zero-order valence-corrected chi connectivity index (χ0v) is 8.85. The third kappa shape index (κ3) is 2.25. The molecule has 84 valence electrons. The van der Waals surface area contributed by atoms with E-state index in [1.807, 2.05) is 0 Å². The lowest BCUT2D eigenvalue weighted by Gasteiger charge is -2.17. The van der Waals surface area contributed by atoms with Gasteiger partial charge in [0.25, 0.3) is 5.91 Å². The van der Waals surface area contributed by atoms with E-state index in [2.05, 4.69) is 10.3 Å². The maximum atomic E-state index is 12.0. The molecule has 1 saturated heterocycles. The minimum absolute atomic E-state index is 0.167. The number of nitrogens with zero attached hydrogens (tertiary/aromatic N) is 2. The molecule has 5 heteroatoms. The first-order chi connectivity index (χ1) is 7.79. The third-order valence-corrected chi connectivity index (χ3v) is 2.48. The molecule has 1 aliphatic rings. The average molecular weight is 219 g/mol. The third-order valence-electron chi connectivity index (χ3n) is 2.48. The number of amides is 2. The van der Waals surface area contributed by atoms with Gasteiger partial charge in [0, 0.05) is 24.5 Å². The van der Waals surface area contributed by atoms with Crippen molar-refractivity contribution in [3.63, 3.8) is 0 Å². The topological polar surface area (TPSA) is 62.3 Å². The van der Waals surface area contributed by atoms with Gasteiger partial charge in [0.1, 0.15) is 0 Å². The highest BCUT2D eigenvalue weighted by Gasteiger charge is 2.23. The van der Waals surface area contributed by atoms with Crippen LogP contribution < -0.4 is 5.32 Å². The summed E-state index contributed by atoms with van der Waals surface area (Å²) in [6, 6.07) is 3.24. The summed E-state index contributed by atoms with van der Waals surface area (Å²) in [5.74, 6) is -0.407. The molecule has 1 aromatic heterocycles. The molecule has 0 aromatic carbocycles. The molecule has 0 spiro atoms. The number of hydrogen-bond acceptors (Lipinski definition) is 4. The van der Waals surface area contributed by atoms with Gasteiger partial charge < -0.3 is 5.32 Å². The Morgan fingerprint density at radius 1 is 1.38 bits per heavy atom. The van der Waals surface area contributed by atoms with Crippen molar-refractivity contribution in [2.75, 3.05) is 19.6 Å². The predicted octanol–water partition coefficient (Wildman–Crippen LogP) is 0.0437. The summed E-state index contributed by atoms with van der Waals surface area (Å²) < 4.78 is 0. The fourth-order valence-corrected chi connectivity index (χ4v) is 1.64. The molecular weight excluding hydrogens is 206 g/mol. The van der Waals surface area contributed by atoms with Crippen molar-refractivity contribution in [2.45, 2.75) is 6.42 Å². The molecule has 0 atom stereocenters. The Hall–Kier alpha value is -1.75. The lowest BCUT2D eigenvalue weighted by Crippen LogP contribution is -2.39. The lowest BCUT2D eigenvalue weighted by molar-refractivity contribution is -0.127. The highest BCUT2D eigenvalue weighted by Crippen LogP contribution is 2.06. The maximum absolute atomic E-state index is 12.0. The van der Waals surface area contributed by atoms with Crippen LogP contribution in [-0.4, -0.2) is 41.3 Å². The number of imide groups is 1. The summed E-state index contributed by atoms with van der Waals surface area (Å²) in [4.78, 5) is 28.8. The van der Waals surface area contributed by atoms with Gasteiger partial charge in [0.15, 0.2) is 0 Å². The second kappa shape index (κ2) is 4.85. The Morgan fingerprint density at radius 3 is 2.88 bits per heavy atom. The lowest BCUT2D eigenvalue weighted by atomic mass is 10.2. The van der Waals surface area contributed by atoms with E-state index < -0.39 is 0 Å². The van der Waals surface area contributed by atoms with Gasteiger partial charge in [-0.1, -0.05) is 0 Å². The molecular formula is C11H13N3O2. The minimum Gasteiger partial charge on any atom is -0.308 e. The summed E-state index contributed by atoms with van der Waals surface area (Å²) in [5, 5.41) is 2.98. The average Bonchev–Trinajstić information content (AvgIpc) is 2.54. The standard InChI is InChI=1S/C11H13N3O2/c15-10-8-13-4-1-7-14(10)11(16)9-2-5-12-6-3-9/h2-3,5-6,13H,1,4,7-8H2. The van der Waals surface area contributed by atoms with Crippen LogP contribution in [0, 0.1) is 0 Å². The monoisotopic (exact) mass is 219 g/mol. The van der Waals surface area contributed by atoms with Gasteiger partial charge in [0.2, 0.25) is 5.91 Å². The normalized spacial score (nSPS) is 17.0. The van der Waals surface area contributed by atoms with Gasteiger partial charge in [-0.2, -0.15) is 0 Å². The van der Waals surface area contributed by atoms with E-state index in [0.29, 0.717) is 12.1 Å². The Balaban J connectivity index is 2.17. The molecule has 16 heavy (non-hydrogen) atoms. The fourth-order valence-electron chi connectivity index (χ4n) is 1.64. The molecule has 0 aliphatic carbocycles. The van der Waals surface area contributed by atoms with Gasteiger partial charge in [-0.25, -0.2) is 0 Å². The second-order valence-corrected chi connectivity index (χ2v) is 3.62. The molecule has 5 nitrogen and oxygen atoms in total. The van der Waals surface area contributed by atoms with Gasteiger partial charge in [-0.15, -0.1) is 0 Å². The van der Waals surface area contributed by atoms with E-state index in [-0.39, 0.29) is 18.4 Å². The summed E-state index contributed by atoms with van der Waals surface area (Å²) >= 11 is 0. The van der Waals surface area contributed by atoms with Gasteiger partial charge in [-0.05, 0) is 25.1 Å². The largest absolute Gasteiger partial charge is 0.308 e. The van der Waals surface area contributed by atoms with Gasteiger partial charge in [-0.3, -0.25) is 19.5 Å². The van der Waals surface area contributed by atoms with Crippen LogP contribution in [0.2, 0.25) is 0 Å². The van der Waals surface area contributed by atoms with E-state index in [4.69, 9.17) is 0 Å². The van der Waals surface area contributed by atoms with Crippen molar-refractivity contribution in [3.05, 3.63) is 30.1 Å². The molecule has 0 bridgehead atoms. The van der Waals surface area contributed by atoms with Crippen molar-refractivity contribution in [3.8, 4) is 0 Å². The molecule has 2 amide bonds. The molecule has 0 unspecified atom stereocenters. The number of hydrogen-bond donors (Lipinski definition) is 1. The van der Waals surface area contributed by atoms with Crippen molar-refractivity contribution < 1.29 is 9.59 Å². The molecule has 1 aromatic rings. The van der Waals surface area contributed by atoms with Crippen LogP contribution in [0.25, 0.3) is 0 Å². The molecule has 0 saturated carbocycles.